The number of aryl methyl sites for hydroxylation is 1. The maximum Gasteiger partial charge on any atom is 0.259 e. The molecule has 7 heteroatoms. The smallest absolute Gasteiger partial charge is 0.259 e. The second kappa shape index (κ2) is 5.98. The van der Waals surface area contributed by atoms with Crippen LogP contribution in [0.1, 0.15) is 46.9 Å². The van der Waals surface area contributed by atoms with Crippen molar-refractivity contribution in [2.24, 2.45) is 0 Å². The van der Waals surface area contributed by atoms with E-state index in [1.54, 1.807) is 13.1 Å². The maximum atomic E-state index is 12.6. The van der Waals surface area contributed by atoms with Crippen LogP contribution in [0.5, 0.6) is 0 Å². The van der Waals surface area contributed by atoms with Crippen molar-refractivity contribution >= 4 is 11.8 Å². The van der Waals surface area contributed by atoms with Crippen LogP contribution >= 0.6 is 0 Å². The zero-order chi connectivity index (χ0) is 17.4. The van der Waals surface area contributed by atoms with E-state index in [9.17, 15) is 9.59 Å². The Balaban J connectivity index is 1.52. The first kappa shape index (κ1) is 15.8. The minimum absolute atomic E-state index is 0.0594. The van der Waals surface area contributed by atoms with Gasteiger partial charge in [0.1, 0.15) is 11.3 Å². The summed E-state index contributed by atoms with van der Waals surface area (Å²) >= 11 is 0. The Bertz CT molecular complexity index is 794. The molecule has 1 spiro atoms. The van der Waals surface area contributed by atoms with Gasteiger partial charge in [0, 0.05) is 37.8 Å². The molecule has 0 saturated carbocycles. The molecule has 0 radical (unpaired) electrons. The Labute approximate surface area is 145 Å². The topological polar surface area (TPSA) is 88.3 Å². The van der Waals surface area contributed by atoms with Crippen molar-refractivity contribution in [1.82, 2.24) is 20.4 Å². The molecule has 4 heterocycles. The summed E-state index contributed by atoms with van der Waals surface area (Å²) < 4.78 is 5.00. The average Bonchev–Trinajstić information content (AvgIpc) is 3.19. The largest absolute Gasteiger partial charge is 0.361 e. The Kier molecular flexibility index (Phi) is 3.78. The van der Waals surface area contributed by atoms with Gasteiger partial charge in [-0.1, -0.05) is 11.2 Å². The highest BCUT2D eigenvalue weighted by molar-refractivity contribution is 5.95. The Morgan fingerprint density at radius 3 is 2.80 bits per heavy atom. The summed E-state index contributed by atoms with van der Waals surface area (Å²) in [6, 6.07) is 3.93. The van der Waals surface area contributed by atoms with Gasteiger partial charge in [-0.25, -0.2) is 0 Å². The van der Waals surface area contributed by atoms with Crippen LogP contribution in [0.3, 0.4) is 0 Å². The number of amides is 2. The Morgan fingerprint density at radius 2 is 2.16 bits per heavy atom. The number of hydrogen-bond acceptors (Lipinski definition) is 5. The monoisotopic (exact) mass is 340 g/mol. The van der Waals surface area contributed by atoms with Gasteiger partial charge < -0.3 is 14.7 Å². The molecule has 7 nitrogen and oxygen atoms in total. The van der Waals surface area contributed by atoms with Crippen LogP contribution in [0.2, 0.25) is 0 Å². The first-order valence-corrected chi connectivity index (χ1v) is 8.50. The van der Waals surface area contributed by atoms with Crippen molar-refractivity contribution in [3.05, 3.63) is 47.6 Å². The van der Waals surface area contributed by atoms with Gasteiger partial charge in [-0.2, -0.15) is 0 Å². The molecule has 0 aliphatic carbocycles. The summed E-state index contributed by atoms with van der Waals surface area (Å²) in [5, 5.41) is 6.87. The second-order valence-corrected chi connectivity index (χ2v) is 6.84. The lowest BCUT2D eigenvalue weighted by Crippen LogP contribution is -2.54. The van der Waals surface area contributed by atoms with Gasteiger partial charge in [0.05, 0.1) is 11.7 Å². The van der Waals surface area contributed by atoms with Crippen LogP contribution in [-0.4, -0.2) is 45.5 Å². The van der Waals surface area contributed by atoms with E-state index in [1.165, 1.54) is 6.20 Å². The van der Waals surface area contributed by atoms with Crippen LogP contribution in [0.15, 0.2) is 35.2 Å². The van der Waals surface area contributed by atoms with Crippen molar-refractivity contribution < 1.29 is 14.1 Å². The zero-order valence-electron chi connectivity index (χ0n) is 14.1. The molecule has 2 aromatic heterocycles. The number of aromatic nitrogens is 2. The molecule has 0 aromatic carbocycles. The molecule has 1 atom stereocenters. The van der Waals surface area contributed by atoms with Gasteiger partial charge in [-0.05, 0) is 31.4 Å². The first-order valence-electron chi connectivity index (χ1n) is 8.50. The fraction of sp³-hybridized carbons (Fsp3) is 0.444. The van der Waals surface area contributed by atoms with Crippen molar-refractivity contribution in [3.8, 4) is 0 Å². The van der Waals surface area contributed by atoms with E-state index in [1.807, 2.05) is 23.2 Å². The molecule has 2 fully saturated rings. The quantitative estimate of drug-likeness (QED) is 0.898. The van der Waals surface area contributed by atoms with E-state index < -0.39 is 0 Å². The van der Waals surface area contributed by atoms with E-state index >= 15 is 0 Å². The molecule has 0 unspecified atom stereocenters. The van der Waals surface area contributed by atoms with Gasteiger partial charge in [-0.15, -0.1) is 0 Å². The van der Waals surface area contributed by atoms with Gasteiger partial charge in [0.2, 0.25) is 5.91 Å². The molecular formula is C18H20N4O3. The number of likely N-dealkylation sites (tertiary alicyclic amines) is 1. The lowest BCUT2D eigenvalue weighted by Gasteiger charge is -2.42. The molecule has 1 N–H and O–H groups in total. The lowest BCUT2D eigenvalue weighted by atomic mass is 9.74. The van der Waals surface area contributed by atoms with Crippen LogP contribution in [0, 0.1) is 6.92 Å². The summed E-state index contributed by atoms with van der Waals surface area (Å²) in [6.07, 6.45) is 6.98. The van der Waals surface area contributed by atoms with Crippen LogP contribution in [0.4, 0.5) is 0 Å². The maximum absolute atomic E-state index is 12.6. The molecule has 2 aliphatic heterocycles. The number of rotatable bonds is 2. The third-order valence-corrected chi connectivity index (χ3v) is 5.46. The van der Waals surface area contributed by atoms with E-state index in [-0.39, 0.29) is 23.3 Å². The zero-order valence-corrected chi connectivity index (χ0v) is 14.1. The third-order valence-electron chi connectivity index (χ3n) is 5.46. The van der Waals surface area contributed by atoms with Gasteiger partial charge in [0.25, 0.3) is 5.91 Å². The summed E-state index contributed by atoms with van der Waals surface area (Å²) in [6.45, 7) is 2.93. The third kappa shape index (κ3) is 2.69. The molecule has 130 valence electrons. The van der Waals surface area contributed by atoms with Crippen molar-refractivity contribution in [2.75, 3.05) is 13.1 Å². The van der Waals surface area contributed by atoms with E-state index in [4.69, 9.17) is 4.52 Å². The fourth-order valence-electron chi connectivity index (χ4n) is 4.07. The first-order chi connectivity index (χ1) is 12.1. The molecule has 2 saturated heterocycles. The van der Waals surface area contributed by atoms with Gasteiger partial charge in [-0.3, -0.25) is 14.6 Å². The molecule has 2 aromatic rings. The number of carbonyl (C=O) groups excluding carboxylic acids is 2. The number of pyridine rings is 1. The number of carbonyl (C=O) groups is 2. The number of piperidine rings is 1. The molecule has 25 heavy (non-hydrogen) atoms. The lowest BCUT2D eigenvalue weighted by molar-refractivity contribution is -0.120. The Hall–Kier alpha value is -2.70. The molecule has 0 bridgehead atoms. The number of nitrogens with zero attached hydrogens (tertiary/aromatic N) is 3. The Morgan fingerprint density at radius 1 is 1.36 bits per heavy atom. The minimum Gasteiger partial charge on any atom is -0.361 e. The highest BCUT2D eigenvalue weighted by Gasteiger charge is 2.49. The highest BCUT2D eigenvalue weighted by Crippen LogP contribution is 2.43. The van der Waals surface area contributed by atoms with E-state index in [2.05, 4.69) is 15.5 Å². The fourth-order valence-corrected chi connectivity index (χ4v) is 4.07. The van der Waals surface area contributed by atoms with Crippen LogP contribution in [0.25, 0.3) is 0 Å². The summed E-state index contributed by atoms with van der Waals surface area (Å²) in [5.41, 5.74) is 1.30. The van der Waals surface area contributed by atoms with Gasteiger partial charge >= 0.3 is 0 Å². The van der Waals surface area contributed by atoms with Crippen LogP contribution < -0.4 is 5.32 Å². The SMILES string of the molecule is Cc1oncc1C(=O)N1CCC2(CC1)NC(=O)C[C@H]2c1cccnc1. The predicted octanol–water partition coefficient (Wildman–Crippen LogP) is 1.66. The average molecular weight is 340 g/mol. The molecule has 4 rings (SSSR count). The summed E-state index contributed by atoms with van der Waals surface area (Å²) in [5.74, 6) is 0.648. The normalized spacial score (nSPS) is 22.2. The standard InChI is InChI=1S/C18H20N4O3/c1-12-14(11-20-25-12)17(24)22-7-4-18(5-8-22)15(9-16(23)21-18)13-3-2-6-19-10-13/h2-3,6,10-11,15H,4-5,7-9H2,1H3,(H,21,23)/t15-/m0/s1. The minimum atomic E-state index is -0.291. The van der Waals surface area contributed by atoms with Crippen molar-refractivity contribution in [1.29, 1.82) is 0 Å². The van der Waals surface area contributed by atoms with E-state index in [0.29, 0.717) is 30.8 Å². The molecule has 2 aliphatic rings. The van der Waals surface area contributed by atoms with Crippen molar-refractivity contribution in [3.63, 3.8) is 0 Å². The summed E-state index contributed by atoms with van der Waals surface area (Å²) in [7, 11) is 0. The molecule has 2 amide bonds. The van der Waals surface area contributed by atoms with E-state index in [0.717, 1.165) is 18.4 Å². The second-order valence-electron chi connectivity index (χ2n) is 6.84. The van der Waals surface area contributed by atoms with Gasteiger partial charge in [0.15, 0.2) is 0 Å². The predicted molar refractivity (Wildman–Crippen MR) is 88.8 cm³/mol. The van der Waals surface area contributed by atoms with Crippen molar-refractivity contribution in [2.45, 2.75) is 37.6 Å². The summed E-state index contributed by atoms with van der Waals surface area (Å²) in [4.78, 5) is 30.8. The highest BCUT2D eigenvalue weighted by atomic mass is 16.5. The molecular weight excluding hydrogens is 320 g/mol. The number of hydrogen-bond donors (Lipinski definition) is 1. The number of nitrogens with one attached hydrogen (secondary N) is 1. The van der Waals surface area contributed by atoms with Crippen LogP contribution in [-0.2, 0) is 4.79 Å².